The maximum Gasteiger partial charge on any atom is 0.435 e. The Labute approximate surface area is 97.0 Å². The molecule has 0 unspecified atom stereocenters. The molecule has 1 aliphatic rings. The molecule has 1 N–H and O–H groups in total. The third-order valence-corrected chi connectivity index (χ3v) is 2.64. The molecular formula is C9H7F5N2O2. The van der Waals surface area contributed by atoms with Gasteiger partial charge in [0.15, 0.2) is 5.69 Å². The van der Waals surface area contributed by atoms with Gasteiger partial charge in [-0.15, -0.1) is 0 Å². The molecule has 18 heavy (non-hydrogen) atoms. The third-order valence-electron chi connectivity index (χ3n) is 2.64. The van der Waals surface area contributed by atoms with Crippen LogP contribution in [0.1, 0.15) is 23.4 Å². The van der Waals surface area contributed by atoms with Gasteiger partial charge in [0, 0.05) is 12.0 Å². The van der Waals surface area contributed by atoms with Gasteiger partial charge in [0.25, 0.3) is 5.92 Å². The van der Waals surface area contributed by atoms with Crippen molar-refractivity contribution in [2.75, 3.05) is 0 Å². The summed E-state index contributed by atoms with van der Waals surface area (Å²) < 4.78 is 64.8. The number of rotatable bonds is 2. The molecular weight excluding hydrogens is 263 g/mol. The van der Waals surface area contributed by atoms with E-state index in [-0.39, 0.29) is 4.68 Å². The Morgan fingerprint density at radius 1 is 1.44 bits per heavy atom. The first-order valence-corrected chi connectivity index (χ1v) is 4.90. The molecule has 0 saturated heterocycles. The fourth-order valence-electron chi connectivity index (χ4n) is 2.02. The molecule has 0 radical (unpaired) electrons. The van der Waals surface area contributed by atoms with E-state index in [1.807, 2.05) is 0 Å². The van der Waals surface area contributed by atoms with Crippen LogP contribution >= 0.6 is 0 Å². The lowest BCUT2D eigenvalue weighted by atomic mass is 10.2. The van der Waals surface area contributed by atoms with Gasteiger partial charge in [-0.05, 0) is 6.42 Å². The van der Waals surface area contributed by atoms with Gasteiger partial charge in [0.1, 0.15) is 12.2 Å². The number of halogens is 5. The molecule has 0 aromatic carbocycles. The number of aromatic nitrogens is 2. The van der Waals surface area contributed by atoms with Gasteiger partial charge in [-0.2, -0.15) is 27.1 Å². The topological polar surface area (TPSA) is 55.1 Å². The van der Waals surface area contributed by atoms with Crippen molar-refractivity contribution < 1.29 is 31.9 Å². The molecule has 1 aromatic rings. The zero-order valence-corrected chi connectivity index (χ0v) is 8.76. The first kappa shape index (κ1) is 12.8. The van der Waals surface area contributed by atoms with Crippen LogP contribution in [0.5, 0.6) is 0 Å². The smallest absolute Gasteiger partial charge is 0.435 e. The van der Waals surface area contributed by atoms with Crippen LogP contribution in [-0.2, 0) is 29.9 Å². The Kier molecular flexibility index (Phi) is 2.60. The van der Waals surface area contributed by atoms with Crippen LogP contribution in [0.4, 0.5) is 22.0 Å². The number of hydrogen-bond acceptors (Lipinski definition) is 2. The number of carbonyl (C=O) groups is 1. The Balaban J connectivity index is 2.59. The highest BCUT2D eigenvalue weighted by Crippen LogP contribution is 2.46. The molecule has 0 amide bonds. The van der Waals surface area contributed by atoms with Crippen molar-refractivity contribution >= 4 is 5.97 Å². The van der Waals surface area contributed by atoms with Gasteiger partial charge in [-0.1, -0.05) is 0 Å². The lowest BCUT2D eigenvalue weighted by Crippen LogP contribution is -2.20. The summed E-state index contributed by atoms with van der Waals surface area (Å²) in [6.07, 6.45) is -6.09. The lowest BCUT2D eigenvalue weighted by Gasteiger charge is -2.11. The standard InChI is InChI=1S/C9H7F5N2O2/c10-8(11)2-1-4-6(9(12,13)14)15-16(7(4)8)3-5(17)18/h1-3H2,(H,17,18). The molecule has 0 bridgehead atoms. The van der Waals surface area contributed by atoms with Crippen molar-refractivity contribution in [1.82, 2.24) is 9.78 Å². The molecule has 100 valence electrons. The van der Waals surface area contributed by atoms with Crippen LogP contribution in [0.2, 0.25) is 0 Å². The lowest BCUT2D eigenvalue weighted by molar-refractivity contribution is -0.143. The summed E-state index contributed by atoms with van der Waals surface area (Å²) in [4.78, 5) is 10.5. The second-order valence-electron chi connectivity index (χ2n) is 3.93. The Morgan fingerprint density at radius 3 is 2.56 bits per heavy atom. The normalized spacial score (nSPS) is 17.8. The SMILES string of the molecule is O=C(O)Cn1nc(C(F)(F)F)c2c1C(F)(F)CC2. The summed E-state index contributed by atoms with van der Waals surface area (Å²) in [5, 5.41) is 11.5. The molecule has 2 rings (SSSR count). The minimum atomic E-state index is -4.87. The average molecular weight is 270 g/mol. The highest BCUT2D eigenvalue weighted by atomic mass is 19.4. The van der Waals surface area contributed by atoms with Crippen LogP contribution < -0.4 is 0 Å². The van der Waals surface area contributed by atoms with Crippen molar-refractivity contribution in [2.45, 2.75) is 31.5 Å². The van der Waals surface area contributed by atoms with E-state index in [0.29, 0.717) is 0 Å². The van der Waals surface area contributed by atoms with Crippen LogP contribution in [0.15, 0.2) is 0 Å². The number of carboxylic acid groups (broad SMARTS) is 1. The van der Waals surface area contributed by atoms with Gasteiger partial charge in [-0.25, -0.2) is 0 Å². The van der Waals surface area contributed by atoms with Crippen molar-refractivity contribution in [2.24, 2.45) is 0 Å². The van der Waals surface area contributed by atoms with E-state index in [9.17, 15) is 26.7 Å². The molecule has 1 aromatic heterocycles. The molecule has 0 saturated carbocycles. The van der Waals surface area contributed by atoms with Crippen LogP contribution in [0.3, 0.4) is 0 Å². The monoisotopic (exact) mass is 270 g/mol. The molecule has 0 spiro atoms. The van der Waals surface area contributed by atoms with E-state index in [1.54, 1.807) is 0 Å². The Bertz CT molecular complexity index is 506. The van der Waals surface area contributed by atoms with Crippen LogP contribution in [0, 0.1) is 0 Å². The minimum absolute atomic E-state index is 0.230. The van der Waals surface area contributed by atoms with E-state index >= 15 is 0 Å². The molecule has 1 heterocycles. The predicted octanol–water partition coefficient (Wildman–Crippen LogP) is 2.02. The summed E-state index contributed by atoms with van der Waals surface area (Å²) in [5.74, 6) is -5.00. The number of fused-ring (bicyclic) bond motifs is 1. The van der Waals surface area contributed by atoms with Crippen molar-refractivity contribution in [1.29, 1.82) is 0 Å². The summed E-state index contributed by atoms with van der Waals surface area (Å²) in [5.41, 5.74) is -2.96. The number of aliphatic carboxylic acids is 1. The molecule has 1 aliphatic carbocycles. The average Bonchev–Trinajstić information content (AvgIpc) is 2.65. The molecule has 4 nitrogen and oxygen atoms in total. The summed E-state index contributed by atoms with van der Waals surface area (Å²) >= 11 is 0. The van der Waals surface area contributed by atoms with Gasteiger partial charge in [-0.3, -0.25) is 9.48 Å². The van der Waals surface area contributed by atoms with E-state index in [4.69, 9.17) is 5.11 Å². The summed E-state index contributed by atoms with van der Waals surface area (Å²) in [6.45, 7) is -1.02. The van der Waals surface area contributed by atoms with Crippen LogP contribution in [0.25, 0.3) is 0 Å². The second-order valence-corrected chi connectivity index (χ2v) is 3.93. The van der Waals surface area contributed by atoms with E-state index in [0.717, 1.165) is 0 Å². The third kappa shape index (κ3) is 1.93. The van der Waals surface area contributed by atoms with Crippen molar-refractivity contribution in [3.8, 4) is 0 Å². The number of carboxylic acids is 1. The van der Waals surface area contributed by atoms with E-state index < -0.39 is 54.4 Å². The largest absolute Gasteiger partial charge is 0.480 e. The number of alkyl halides is 5. The summed E-state index contributed by atoms with van der Waals surface area (Å²) in [7, 11) is 0. The fourth-order valence-corrected chi connectivity index (χ4v) is 2.02. The Hall–Kier alpha value is -1.67. The van der Waals surface area contributed by atoms with Crippen molar-refractivity contribution in [3.63, 3.8) is 0 Å². The van der Waals surface area contributed by atoms with Crippen molar-refractivity contribution in [3.05, 3.63) is 17.0 Å². The highest BCUT2D eigenvalue weighted by Gasteiger charge is 2.50. The van der Waals surface area contributed by atoms with Gasteiger partial charge in [0.05, 0.1) is 0 Å². The van der Waals surface area contributed by atoms with E-state index in [1.165, 1.54) is 0 Å². The first-order chi connectivity index (χ1) is 8.13. The molecule has 9 heteroatoms. The minimum Gasteiger partial charge on any atom is -0.480 e. The first-order valence-electron chi connectivity index (χ1n) is 4.90. The van der Waals surface area contributed by atoms with E-state index in [2.05, 4.69) is 5.10 Å². The highest BCUT2D eigenvalue weighted by molar-refractivity contribution is 5.66. The molecule has 0 fully saturated rings. The maximum atomic E-state index is 13.4. The number of hydrogen-bond donors (Lipinski definition) is 1. The second kappa shape index (κ2) is 3.66. The van der Waals surface area contributed by atoms with Gasteiger partial charge < -0.3 is 5.11 Å². The molecule has 0 atom stereocenters. The zero-order valence-electron chi connectivity index (χ0n) is 8.76. The van der Waals surface area contributed by atoms with Gasteiger partial charge >= 0.3 is 12.1 Å². The maximum absolute atomic E-state index is 13.4. The predicted molar refractivity (Wildman–Crippen MR) is 47.1 cm³/mol. The fraction of sp³-hybridized carbons (Fsp3) is 0.556. The molecule has 0 aliphatic heterocycles. The van der Waals surface area contributed by atoms with Crippen LogP contribution in [-0.4, -0.2) is 20.9 Å². The quantitative estimate of drug-likeness (QED) is 0.836. The zero-order chi connectivity index (χ0) is 13.7. The van der Waals surface area contributed by atoms with Gasteiger partial charge in [0.2, 0.25) is 0 Å². The Morgan fingerprint density at radius 2 is 2.06 bits per heavy atom. The number of nitrogens with zero attached hydrogens (tertiary/aromatic N) is 2. The summed E-state index contributed by atoms with van der Waals surface area (Å²) in [6, 6.07) is 0.